The van der Waals surface area contributed by atoms with E-state index in [0.717, 1.165) is 0 Å². The molecule has 4 N–H and O–H groups in total. The molecule has 14 heavy (non-hydrogen) atoms. The van der Waals surface area contributed by atoms with Gasteiger partial charge in [-0.2, -0.15) is 0 Å². The summed E-state index contributed by atoms with van der Waals surface area (Å²) in [4.78, 5) is 0. The molecule has 0 saturated carbocycles. The molecule has 0 aromatic heterocycles. The summed E-state index contributed by atoms with van der Waals surface area (Å²) in [5.74, 6) is 0. The number of aliphatic hydroxyl groups excluding tert-OH is 4. The molecule has 0 bridgehead atoms. The molecule has 0 aromatic carbocycles. The molecule has 6 nitrogen and oxygen atoms in total. The maximum Gasteiger partial charge on any atom is 0.251 e. The summed E-state index contributed by atoms with van der Waals surface area (Å²) in [5.41, 5.74) is 0. The minimum absolute atomic E-state index is 0.459. The molecule has 7 heteroatoms. The van der Waals surface area contributed by atoms with Crippen LogP contribution in [-0.2, 0) is 9.47 Å². The van der Waals surface area contributed by atoms with Gasteiger partial charge in [0, 0.05) is 7.11 Å². The Morgan fingerprint density at radius 3 is 2.36 bits per heavy atom. The highest BCUT2D eigenvalue weighted by Gasteiger charge is 2.52. The number of rotatable bonds is 2. The Morgan fingerprint density at radius 1 is 1.36 bits per heavy atom. The number of alkyl halides is 1. The van der Waals surface area contributed by atoms with Crippen LogP contribution in [0.1, 0.15) is 0 Å². The predicted molar refractivity (Wildman–Crippen MR) is 53.7 cm³/mol. The summed E-state index contributed by atoms with van der Waals surface area (Å²) in [6.07, 6.45) is -5.07. The smallest absolute Gasteiger partial charge is 0.251 e. The standard InChI is InChI=1S/C7H13IO6/c1-13-7(8)6(12)5(11)4(10)3(2-9)14-7/h3-6,9-12H,2H2,1H3/t3?,4-,5+,6-,7-/m0/s1. The molecule has 0 aliphatic carbocycles. The summed E-state index contributed by atoms with van der Waals surface area (Å²) in [7, 11) is 1.30. The number of halogens is 1. The van der Waals surface area contributed by atoms with Gasteiger partial charge < -0.3 is 29.9 Å². The van der Waals surface area contributed by atoms with Crippen LogP contribution in [-0.4, -0.2) is 62.4 Å². The molecule has 0 aromatic rings. The summed E-state index contributed by atoms with van der Waals surface area (Å²) in [6.45, 7) is -0.459. The SMILES string of the molecule is CO[C@]1(I)OC(CO)[C@H](O)[C@@H](O)[C@@H]1O. The molecule has 5 atom stereocenters. The van der Waals surface area contributed by atoms with Gasteiger partial charge >= 0.3 is 0 Å². The molecule has 0 spiro atoms. The molecular weight excluding hydrogens is 307 g/mol. The van der Waals surface area contributed by atoms with Gasteiger partial charge in [-0.3, -0.25) is 0 Å². The van der Waals surface area contributed by atoms with E-state index in [2.05, 4.69) is 0 Å². The van der Waals surface area contributed by atoms with Gasteiger partial charge in [0.2, 0.25) is 0 Å². The van der Waals surface area contributed by atoms with Crippen LogP contribution in [0.5, 0.6) is 0 Å². The van der Waals surface area contributed by atoms with Crippen molar-refractivity contribution in [2.75, 3.05) is 13.7 Å². The van der Waals surface area contributed by atoms with Crippen LogP contribution in [0.4, 0.5) is 0 Å². The van der Waals surface area contributed by atoms with Crippen LogP contribution >= 0.6 is 22.6 Å². The van der Waals surface area contributed by atoms with Gasteiger partial charge in [0.25, 0.3) is 3.79 Å². The summed E-state index contributed by atoms with van der Waals surface area (Å²) >= 11 is 1.67. The van der Waals surface area contributed by atoms with Crippen molar-refractivity contribution in [2.45, 2.75) is 28.2 Å². The number of methoxy groups -OCH3 is 1. The van der Waals surface area contributed by atoms with E-state index >= 15 is 0 Å². The molecule has 1 aliphatic heterocycles. The fourth-order valence-corrected chi connectivity index (χ4v) is 1.97. The van der Waals surface area contributed by atoms with E-state index in [-0.39, 0.29) is 0 Å². The van der Waals surface area contributed by atoms with E-state index in [1.807, 2.05) is 0 Å². The third-order valence-electron chi connectivity index (χ3n) is 2.18. The number of aliphatic hydroxyl groups is 4. The molecule has 1 fully saturated rings. The lowest BCUT2D eigenvalue weighted by Gasteiger charge is -2.44. The number of hydrogen-bond acceptors (Lipinski definition) is 6. The second-order valence-corrected chi connectivity index (χ2v) is 4.56. The maximum absolute atomic E-state index is 9.53. The molecule has 1 unspecified atom stereocenters. The van der Waals surface area contributed by atoms with E-state index in [9.17, 15) is 15.3 Å². The highest BCUT2D eigenvalue weighted by molar-refractivity contribution is 14.1. The Bertz CT molecular complexity index is 201. The Labute approximate surface area is 94.6 Å². The van der Waals surface area contributed by atoms with Gasteiger partial charge in [0.15, 0.2) is 0 Å². The van der Waals surface area contributed by atoms with Crippen LogP contribution in [0, 0.1) is 0 Å². The third-order valence-corrected chi connectivity index (χ3v) is 3.51. The second-order valence-electron chi connectivity index (χ2n) is 3.05. The fraction of sp³-hybridized carbons (Fsp3) is 1.00. The lowest BCUT2D eigenvalue weighted by Crippen LogP contribution is -2.63. The Balaban J connectivity index is 2.84. The fourth-order valence-electron chi connectivity index (χ4n) is 1.27. The zero-order valence-corrected chi connectivity index (χ0v) is 9.66. The van der Waals surface area contributed by atoms with Gasteiger partial charge in [-0.1, -0.05) is 0 Å². The molecule has 84 valence electrons. The minimum atomic E-state index is -1.44. The van der Waals surface area contributed by atoms with Crippen LogP contribution < -0.4 is 0 Å². The van der Waals surface area contributed by atoms with Crippen LogP contribution in [0.15, 0.2) is 0 Å². The molecular formula is C7H13IO6. The van der Waals surface area contributed by atoms with Crippen LogP contribution in [0.3, 0.4) is 0 Å². The second kappa shape index (κ2) is 4.56. The first kappa shape index (κ1) is 12.6. The molecule has 1 heterocycles. The van der Waals surface area contributed by atoms with Crippen molar-refractivity contribution >= 4 is 22.6 Å². The van der Waals surface area contributed by atoms with Crippen molar-refractivity contribution in [2.24, 2.45) is 0 Å². The zero-order valence-electron chi connectivity index (χ0n) is 7.50. The first-order valence-corrected chi connectivity index (χ1v) is 5.11. The first-order valence-electron chi connectivity index (χ1n) is 4.03. The quantitative estimate of drug-likeness (QED) is 0.354. The molecule has 1 rings (SSSR count). The van der Waals surface area contributed by atoms with Gasteiger partial charge in [-0.15, -0.1) is 0 Å². The van der Waals surface area contributed by atoms with E-state index in [4.69, 9.17) is 14.6 Å². The summed E-state index contributed by atoms with van der Waals surface area (Å²) in [5, 5.41) is 37.2. The lowest BCUT2D eigenvalue weighted by molar-refractivity contribution is -0.304. The molecule has 1 saturated heterocycles. The number of hydrogen-bond donors (Lipinski definition) is 4. The van der Waals surface area contributed by atoms with Crippen molar-refractivity contribution in [3.63, 3.8) is 0 Å². The third kappa shape index (κ3) is 2.03. The van der Waals surface area contributed by atoms with Gasteiger partial charge in [0.05, 0.1) is 6.61 Å². The highest BCUT2D eigenvalue weighted by atomic mass is 127. The van der Waals surface area contributed by atoms with E-state index in [1.165, 1.54) is 7.11 Å². The van der Waals surface area contributed by atoms with Crippen molar-refractivity contribution in [1.29, 1.82) is 0 Å². The summed E-state index contributed by atoms with van der Waals surface area (Å²) < 4.78 is 8.55. The van der Waals surface area contributed by atoms with E-state index in [1.54, 1.807) is 22.6 Å². The Hall–Kier alpha value is 0.490. The van der Waals surface area contributed by atoms with E-state index in [0.29, 0.717) is 0 Å². The molecule has 1 aliphatic rings. The normalized spacial score (nSPS) is 49.3. The summed E-state index contributed by atoms with van der Waals surface area (Å²) in [6, 6.07) is 0. The topological polar surface area (TPSA) is 99.4 Å². The largest absolute Gasteiger partial charge is 0.394 e. The zero-order chi connectivity index (χ0) is 10.9. The van der Waals surface area contributed by atoms with Crippen molar-refractivity contribution in [3.8, 4) is 0 Å². The van der Waals surface area contributed by atoms with Crippen LogP contribution in [0.25, 0.3) is 0 Å². The van der Waals surface area contributed by atoms with Crippen molar-refractivity contribution in [3.05, 3.63) is 0 Å². The Morgan fingerprint density at radius 2 is 1.93 bits per heavy atom. The monoisotopic (exact) mass is 320 g/mol. The first-order chi connectivity index (χ1) is 6.46. The average molecular weight is 320 g/mol. The van der Waals surface area contributed by atoms with Crippen molar-refractivity contribution in [1.82, 2.24) is 0 Å². The average Bonchev–Trinajstić information content (AvgIpc) is 2.20. The van der Waals surface area contributed by atoms with Gasteiger partial charge in [-0.25, -0.2) is 0 Å². The van der Waals surface area contributed by atoms with Gasteiger partial charge in [-0.05, 0) is 22.6 Å². The predicted octanol–water partition coefficient (Wildman–Crippen LogP) is -1.80. The van der Waals surface area contributed by atoms with Crippen molar-refractivity contribution < 1.29 is 29.9 Å². The van der Waals surface area contributed by atoms with Gasteiger partial charge in [0.1, 0.15) is 24.4 Å². The lowest BCUT2D eigenvalue weighted by atomic mass is 9.99. The highest BCUT2D eigenvalue weighted by Crippen LogP contribution is 2.35. The Kier molecular flexibility index (Phi) is 4.09. The number of ether oxygens (including phenoxy) is 2. The minimum Gasteiger partial charge on any atom is -0.394 e. The van der Waals surface area contributed by atoms with Crippen LogP contribution in [0.2, 0.25) is 0 Å². The maximum atomic E-state index is 9.53. The molecule has 0 radical (unpaired) electrons. The molecule has 0 amide bonds. The van der Waals surface area contributed by atoms with E-state index < -0.39 is 34.8 Å².